The predicted molar refractivity (Wildman–Crippen MR) is 206 cm³/mol. The van der Waals surface area contributed by atoms with Gasteiger partial charge in [0.25, 0.3) is 11.8 Å². The van der Waals surface area contributed by atoms with Crippen molar-refractivity contribution in [1.29, 1.82) is 0 Å². The lowest BCUT2D eigenvalue weighted by Crippen LogP contribution is -2.24. The number of aromatic amines is 1. The van der Waals surface area contributed by atoms with Crippen LogP contribution in [0.5, 0.6) is 0 Å². The Balaban J connectivity index is 0.000000172. The van der Waals surface area contributed by atoms with Gasteiger partial charge in [0.05, 0.1) is 38.0 Å². The van der Waals surface area contributed by atoms with Crippen LogP contribution in [0.3, 0.4) is 0 Å². The molecule has 56 heavy (non-hydrogen) atoms. The van der Waals surface area contributed by atoms with Gasteiger partial charge in [0.2, 0.25) is 19.7 Å². The van der Waals surface area contributed by atoms with E-state index in [1.54, 1.807) is 139 Å². The number of H-pyrrole nitrogens is 1. The van der Waals surface area contributed by atoms with Crippen molar-refractivity contribution in [1.82, 2.24) is 40.0 Å². The Kier molecular flexibility index (Phi) is 10.7. The molecular weight excluding hydrogens is 753 g/mol. The van der Waals surface area contributed by atoms with Crippen molar-refractivity contribution < 1.29 is 26.4 Å². The van der Waals surface area contributed by atoms with Gasteiger partial charge in [-0.25, -0.2) is 26.8 Å². The second-order valence-electron chi connectivity index (χ2n) is 12.2. The summed E-state index contributed by atoms with van der Waals surface area (Å²) < 4.78 is 52.0. The van der Waals surface area contributed by atoms with Gasteiger partial charge in [-0.3, -0.25) is 19.6 Å². The average molecular weight is 785 g/mol. The van der Waals surface area contributed by atoms with Crippen molar-refractivity contribution in [2.75, 3.05) is 0 Å². The molecule has 0 aliphatic rings. The molecule has 5 aromatic heterocycles. The summed E-state index contributed by atoms with van der Waals surface area (Å²) in [5.41, 5.74) is 3.52. The van der Waals surface area contributed by atoms with Gasteiger partial charge in [0.15, 0.2) is 5.65 Å². The molecule has 0 radical (unpaired) electrons. The molecule has 0 bridgehead atoms. The first-order valence-electron chi connectivity index (χ1n) is 17.0. The normalized spacial score (nSPS) is 11.4. The largest absolute Gasteiger partial charge is 0.350 e. The van der Waals surface area contributed by atoms with E-state index in [4.69, 9.17) is 0 Å². The van der Waals surface area contributed by atoms with E-state index in [0.29, 0.717) is 17.0 Å². The Bertz CT molecular complexity index is 2700. The van der Waals surface area contributed by atoms with E-state index >= 15 is 0 Å². The fraction of sp³-hybridized carbons (Fsp3) is 0.0500. The van der Waals surface area contributed by atoms with Crippen LogP contribution in [0.25, 0.3) is 16.6 Å². The van der Waals surface area contributed by atoms with Crippen LogP contribution >= 0.6 is 0 Å². The average Bonchev–Trinajstić information content (AvgIpc) is 3.91. The van der Waals surface area contributed by atoms with Crippen molar-refractivity contribution in [3.05, 3.63) is 175 Å². The lowest BCUT2D eigenvalue weighted by molar-refractivity contribution is 0.0938. The summed E-state index contributed by atoms with van der Waals surface area (Å²) in [5.74, 6) is -0.601. The number of amides is 2. The quantitative estimate of drug-likeness (QED) is 0.165. The molecule has 0 aliphatic heterocycles. The Hall–Kier alpha value is -7.04. The number of sulfone groups is 2. The van der Waals surface area contributed by atoms with E-state index < -0.39 is 19.7 Å². The third-order valence-corrected chi connectivity index (χ3v) is 12.0. The molecule has 0 saturated heterocycles. The second-order valence-corrected chi connectivity index (χ2v) is 16.1. The third-order valence-electron chi connectivity index (χ3n) is 8.51. The van der Waals surface area contributed by atoms with Gasteiger partial charge in [0.1, 0.15) is 11.4 Å². The van der Waals surface area contributed by atoms with Gasteiger partial charge in [-0.15, -0.1) is 0 Å². The first-order valence-corrected chi connectivity index (χ1v) is 20.0. The molecule has 14 nitrogen and oxygen atoms in total. The summed E-state index contributed by atoms with van der Waals surface area (Å²) in [6.07, 6.45) is 11.1. The predicted octanol–water partition coefficient (Wildman–Crippen LogP) is 5.21. The highest BCUT2D eigenvalue weighted by molar-refractivity contribution is 7.91. The number of fused-ring (bicyclic) bond motifs is 2. The van der Waals surface area contributed by atoms with Crippen LogP contribution < -0.4 is 10.6 Å². The maximum atomic E-state index is 12.6. The number of imidazole rings is 1. The minimum atomic E-state index is -3.61. The van der Waals surface area contributed by atoms with Crippen LogP contribution in [-0.2, 0) is 32.8 Å². The lowest BCUT2D eigenvalue weighted by Gasteiger charge is -2.08. The third kappa shape index (κ3) is 8.36. The minimum absolute atomic E-state index is 0.108. The van der Waals surface area contributed by atoms with E-state index in [1.165, 1.54) is 18.5 Å². The van der Waals surface area contributed by atoms with Crippen molar-refractivity contribution in [3.8, 4) is 0 Å². The number of carbonyl (C=O) groups is 2. The van der Waals surface area contributed by atoms with Crippen LogP contribution in [0.1, 0.15) is 32.2 Å². The molecule has 3 aromatic carbocycles. The summed E-state index contributed by atoms with van der Waals surface area (Å²) in [6.45, 7) is 0.437. The zero-order chi connectivity index (χ0) is 39.1. The number of hydrogen-bond acceptors (Lipinski definition) is 10. The molecule has 3 N–H and O–H groups in total. The Morgan fingerprint density at radius 3 is 1.93 bits per heavy atom. The molecule has 8 aromatic rings. The number of benzene rings is 3. The van der Waals surface area contributed by atoms with E-state index in [2.05, 4.69) is 35.6 Å². The summed E-state index contributed by atoms with van der Waals surface area (Å²) >= 11 is 0. The number of carbonyl (C=O) groups excluding carboxylic acids is 2. The number of pyridine rings is 2. The fourth-order valence-corrected chi connectivity index (χ4v) is 8.02. The minimum Gasteiger partial charge on any atom is -0.350 e. The number of aromatic nitrogens is 6. The number of rotatable bonds is 10. The van der Waals surface area contributed by atoms with Crippen molar-refractivity contribution >= 4 is 48.0 Å². The Morgan fingerprint density at radius 1 is 0.625 bits per heavy atom. The van der Waals surface area contributed by atoms with Gasteiger partial charge >= 0.3 is 0 Å². The summed E-state index contributed by atoms with van der Waals surface area (Å²) in [6, 6.07) is 29.5. The van der Waals surface area contributed by atoms with Crippen LogP contribution in [0.4, 0.5) is 0 Å². The molecule has 2 amide bonds. The van der Waals surface area contributed by atoms with E-state index in [9.17, 15) is 26.4 Å². The molecule has 5 heterocycles. The molecule has 0 spiro atoms. The van der Waals surface area contributed by atoms with Crippen LogP contribution in [0.2, 0.25) is 0 Å². The SMILES string of the molecule is O=C(NCc1ccc(S(=O)(=O)c2ccccc2)cc1)c1cn2ccnc2cn1.O=C(NCc1ccc(S(=O)(=O)c2ccccc2)cn1)c1cc2cnccc2[nH]1. The highest BCUT2D eigenvalue weighted by Crippen LogP contribution is 2.22. The number of hydrogen-bond donors (Lipinski definition) is 3. The smallest absolute Gasteiger partial charge is 0.271 e. The van der Waals surface area contributed by atoms with Gasteiger partial charge in [0, 0.05) is 54.6 Å². The highest BCUT2D eigenvalue weighted by atomic mass is 32.2. The van der Waals surface area contributed by atoms with Gasteiger partial charge in [-0.2, -0.15) is 0 Å². The molecule has 280 valence electrons. The summed E-state index contributed by atoms with van der Waals surface area (Å²) in [7, 11) is -7.16. The van der Waals surface area contributed by atoms with Crippen molar-refractivity contribution in [2.24, 2.45) is 0 Å². The first-order chi connectivity index (χ1) is 27.1. The van der Waals surface area contributed by atoms with Gasteiger partial charge < -0.3 is 20.0 Å². The molecular formula is C40H32N8O6S2. The van der Waals surface area contributed by atoms with Crippen LogP contribution in [0.15, 0.2) is 172 Å². The lowest BCUT2D eigenvalue weighted by atomic mass is 10.2. The maximum absolute atomic E-state index is 12.6. The second kappa shape index (κ2) is 16.1. The van der Waals surface area contributed by atoms with Gasteiger partial charge in [-0.1, -0.05) is 48.5 Å². The van der Waals surface area contributed by atoms with E-state index in [-0.39, 0.29) is 50.2 Å². The maximum Gasteiger partial charge on any atom is 0.271 e. The molecule has 8 rings (SSSR count). The zero-order valence-corrected chi connectivity index (χ0v) is 31.0. The molecule has 0 aliphatic carbocycles. The topological polar surface area (TPSA) is 198 Å². The van der Waals surface area contributed by atoms with Crippen LogP contribution in [-0.4, -0.2) is 58.0 Å². The van der Waals surface area contributed by atoms with Crippen molar-refractivity contribution in [2.45, 2.75) is 32.7 Å². The summed E-state index contributed by atoms with van der Waals surface area (Å²) in [5, 5.41) is 6.39. The highest BCUT2D eigenvalue weighted by Gasteiger charge is 2.19. The Labute approximate surface area is 321 Å². The van der Waals surface area contributed by atoms with Crippen molar-refractivity contribution in [3.63, 3.8) is 0 Å². The monoisotopic (exact) mass is 784 g/mol. The molecule has 16 heteroatoms. The standard InChI is InChI=1S/2C20H16N4O3S/c25-20(18-14-24-11-10-21-19(24)13-22-18)23-12-15-6-8-17(9-7-15)28(26,27)16-4-2-1-3-5-16;25-20(19-10-14-11-21-9-8-18(14)24-19)23-12-15-6-7-17(13-22-15)28(26,27)16-4-2-1-3-5-16/h1-11,13-14H,12H2,(H,23,25);1-11,13,24H,12H2,(H,23,25). The molecule has 0 fully saturated rings. The van der Waals surface area contributed by atoms with Gasteiger partial charge in [-0.05, 0) is 66.2 Å². The van der Waals surface area contributed by atoms with E-state index in [1.807, 2.05) is 0 Å². The Morgan fingerprint density at radius 2 is 1.27 bits per heavy atom. The van der Waals surface area contributed by atoms with Crippen LogP contribution in [0, 0.1) is 0 Å². The summed E-state index contributed by atoms with van der Waals surface area (Å²) in [4.78, 5) is 44.8. The molecule has 0 atom stereocenters. The molecule has 0 saturated carbocycles. The number of nitrogens with one attached hydrogen (secondary N) is 3. The zero-order valence-electron chi connectivity index (χ0n) is 29.4. The molecule has 0 unspecified atom stereocenters. The van der Waals surface area contributed by atoms with E-state index in [0.717, 1.165) is 16.5 Å². The fourth-order valence-electron chi connectivity index (χ4n) is 5.51. The number of nitrogens with zero attached hydrogens (tertiary/aromatic N) is 5. The first kappa shape index (κ1) is 37.3.